The number of phosphoric ester groups is 2. The van der Waals surface area contributed by atoms with Gasteiger partial charge in [0.1, 0.15) is 43.2 Å². The first-order valence-corrected chi connectivity index (χ1v) is 27.7. The second-order valence-corrected chi connectivity index (χ2v) is 20.1. The Labute approximate surface area is 399 Å². The van der Waals surface area contributed by atoms with E-state index in [1.807, 2.05) is 12.2 Å². The first-order chi connectivity index (χ1) is 31.9. The molecule has 1 aliphatic carbocycles. The molecule has 67 heavy (non-hydrogen) atoms. The number of unbranched alkanes of at least 4 members (excludes halogenated alkanes) is 17. The third kappa shape index (κ3) is 31.9. The van der Waals surface area contributed by atoms with Crippen molar-refractivity contribution in [2.75, 3.05) is 13.2 Å². The lowest BCUT2D eigenvalue weighted by atomic mass is 9.85. The number of ether oxygens (including phenoxy) is 2. The monoisotopic (exact) mass is 1000 g/mol. The molecular weight excluding hydrogens is 914 g/mol. The molecular formula is C47H86O18P2. The summed E-state index contributed by atoms with van der Waals surface area (Å²) in [4.78, 5) is 54.3. The van der Waals surface area contributed by atoms with Crippen molar-refractivity contribution in [3.8, 4) is 0 Å². The molecule has 0 heterocycles. The molecule has 0 aromatic rings. The Hall–Kier alpha value is -1.86. The van der Waals surface area contributed by atoms with E-state index in [0.717, 1.165) is 96.3 Å². The van der Waals surface area contributed by atoms with E-state index in [9.17, 15) is 64.0 Å². The summed E-state index contributed by atoms with van der Waals surface area (Å²) < 4.78 is 49.3. The number of esters is 2. The van der Waals surface area contributed by atoms with Gasteiger partial charge in [-0.05, 0) is 70.6 Å². The van der Waals surface area contributed by atoms with Crippen LogP contribution in [0.3, 0.4) is 0 Å². The first-order valence-electron chi connectivity index (χ1n) is 24.7. The van der Waals surface area contributed by atoms with Crippen LogP contribution in [-0.2, 0) is 41.8 Å². The number of hydrogen-bond donors (Lipinski definition) is 9. The van der Waals surface area contributed by atoms with E-state index in [1.54, 1.807) is 0 Å². The zero-order valence-electron chi connectivity index (χ0n) is 40.1. The van der Waals surface area contributed by atoms with Crippen LogP contribution in [0.15, 0.2) is 36.5 Å². The van der Waals surface area contributed by atoms with Crippen LogP contribution < -0.4 is 0 Å². The summed E-state index contributed by atoms with van der Waals surface area (Å²) in [7, 11) is -10.7. The van der Waals surface area contributed by atoms with Crippen molar-refractivity contribution in [3.05, 3.63) is 36.5 Å². The van der Waals surface area contributed by atoms with E-state index in [-0.39, 0.29) is 12.8 Å². The topological polar surface area (TPSA) is 296 Å². The van der Waals surface area contributed by atoms with Crippen LogP contribution in [0, 0.1) is 0 Å². The molecule has 1 fully saturated rings. The molecule has 392 valence electrons. The third-order valence-electron chi connectivity index (χ3n) is 11.4. The van der Waals surface area contributed by atoms with Crippen molar-refractivity contribution in [2.24, 2.45) is 0 Å². The van der Waals surface area contributed by atoms with Gasteiger partial charge in [-0.25, -0.2) is 9.13 Å². The average molecular weight is 1000 g/mol. The van der Waals surface area contributed by atoms with Gasteiger partial charge in [-0.1, -0.05) is 134 Å². The molecule has 0 amide bonds. The first kappa shape index (κ1) is 63.2. The molecule has 9 N–H and O–H groups in total. The van der Waals surface area contributed by atoms with Gasteiger partial charge in [0.05, 0.1) is 18.8 Å². The lowest BCUT2D eigenvalue weighted by Gasteiger charge is -2.43. The summed E-state index contributed by atoms with van der Waals surface area (Å²) in [5.74, 6) is -1.32. The number of hydrogen-bond acceptors (Lipinski definition) is 15. The largest absolute Gasteiger partial charge is 0.472 e. The van der Waals surface area contributed by atoms with Crippen LogP contribution in [0.4, 0.5) is 0 Å². The number of carbonyl (C=O) groups is 2. The Bertz CT molecular complexity index is 1470. The second-order valence-electron chi connectivity index (χ2n) is 17.5. The highest BCUT2D eigenvalue weighted by Gasteiger charge is 2.54. The van der Waals surface area contributed by atoms with Gasteiger partial charge in [-0.15, -0.1) is 0 Å². The van der Waals surface area contributed by atoms with E-state index in [4.69, 9.17) is 18.5 Å². The predicted molar refractivity (Wildman–Crippen MR) is 253 cm³/mol. The maximum atomic E-state index is 13.0. The second kappa shape index (κ2) is 37.9. The maximum absolute atomic E-state index is 13.0. The molecule has 10 atom stereocenters. The van der Waals surface area contributed by atoms with Crippen LogP contribution in [0.2, 0.25) is 0 Å². The molecule has 0 radical (unpaired) electrons. The van der Waals surface area contributed by atoms with Crippen molar-refractivity contribution in [3.63, 3.8) is 0 Å². The van der Waals surface area contributed by atoms with Gasteiger partial charge >= 0.3 is 27.6 Å². The lowest BCUT2D eigenvalue weighted by molar-refractivity contribution is -0.216. The molecule has 0 aromatic heterocycles. The van der Waals surface area contributed by atoms with Crippen LogP contribution in [-0.4, -0.2) is 125 Å². The van der Waals surface area contributed by atoms with Gasteiger partial charge in [0.2, 0.25) is 0 Å². The average Bonchev–Trinajstić information content (AvgIpc) is 3.28. The van der Waals surface area contributed by atoms with Crippen molar-refractivity contribution in [1.29, 1.82) is 0 Å². The molecule has 0 aromatic carbocycles. The SMILES string of the molecule is CCCCC/C=C\C/C=C\CCCCCCCCCC(=O)O[C@H](COC(=O)CCCCCCC[C@@H](O)[C@H](O)C/C=C\CCCCC)COP(=O)(O)O[C@H]1C(O)C(O)C(O)[C@@H](OP(=O)(O)O)C1O. The van der Waals surface area contributed by atoms with Crippen molar-refractivity contribution >= 4 is 27.6 Å². The standard InChI is InChI=1S/C47H86O18P2/c1-3-5-7-9-11-12-13-14-15-16-17-18-19-20-21-25-30-34-41(51)63-37(36-62-67(59,60)65-47-44(54)42(52)43(53)46(45(47)55)64-66(56,57)58)35-61-40(50)33-29-26-22-24-28-32-39(49)38(48)31-27-23-10-8-6-4-2/h11-12,14-15,23,27,37-39,42-49,52-55H,3-10,13,16-22,24-26,28-36H2,1-2H3,(H,59,60)(H2,56,57,58)/b12-11-,15-14-,27-23-/t37-,38-,39-,42?,43?,44?,45?,46-,47+/m1/s1. The smallest absolute Gasteiger partial charge is 0.462 e. The van der Waals surface area contributed by atoms with Gasteiger partial charge in [0.25, 0.3) is 0 Å². The summed E-state index contributed by atoms with van der Waals surface area (Å²) >= 11 is 0. The van der Waals surface area contributed by atoms with Gasteiger partial charge in [-0.3, -0.25) is 23.2 Å². The Morgan fingerprint density at radius 3 is 1.57 bits per heavy atom. The molecule has 20 heteroatoms. The Kier molecular flexibility index (Phi) is 35.7. The molecule has 1 rings (SSSR count). The Morgan fingerprint density at radius 1 is 0.537 bits per heavy atom. The van der Waals surface area contributed by atoms with Crippen LogP contribution in [0.1, 0.15) is 181 Å². The van der Waals surface area contributed by atoms with E-state index in [1.165, 1.54) is 19.3 Å². The quantitative estimate of drug-likeness (QED) is 0.0124. The fraction of sp³-hybridized carbons (Fsp3) is 0.830. The molecule has 0 saturated heterocycles. The number of carbonyl (C=O) groups excluding carboxylic acids is 2. The maximum Gasteiger partial charge on any atom is 0.472 e. The summed E-state index contributed by atoms with van der Waals surface area (Å²) in [5.41, 5.74) is 0. The minimum Gasteiger partial charge on any atom is -0.462 e. The molecule has 18 nitrogen and oxygen atoms in total. The highest BCUT2D eigenvalue weighted by Crippen LogP contribution is 2.49. The number of phosphoric acid groups is 2. The van der Waals surface area contributed by atoms with Gasteiger partial charge in [0.15, 0.2) is 6.10 Å². The fourth-order valence-electron chi connectivity index (χ4n) is 7.37. The van der Waals surface area contributed by atoms with Crippen molar-refractivity contribution < 1.29 is 87.1 Å². The molecule has 5 unspecified atom stereocenters. The molecule has 1 saturated carbocycles. The number of allylic oxidation sites excluding steroid dienone is 5. The zero-order valence-corrected chi connectivity index (χ0v) is 41.8. The van der Waals surface area contributed by atoms with E-state index in [0.29, 0.717) is 38.5 Å². The summed E-state index contributed by atoms with van der Waals surface area (Å²) in [6, 6.07) is 0. The van der Waals surface area contributed by atoms with E-state index in [2.05, 4.69) is 42.7 Å². The van der Waals surface area contributed by atoms with Crippen molar-refractivity contribution in [2.45, 2.75) is 236 Å². The Balaban J connectivity index is 2.62. The normalized spacial score (nSPS) is 22.6. The zero-order chi connectivity index (χ0) is 49.9. The third-order valence-corrected chi connectivity index (χ3v) is 12.9. The van der Waals surface area contributed by atoms with Gasteiger partial charge < -0.3 is 54.8 Å². The van der Waals surface area contributed by atoms with Gasteiger partial charge in [-0.2, -0.15) is 0 Å². The number of aliphatic hydroxyl groups excluding tert-OH is 6. The predicted octanol–water partition coefficient (Wildman–Crippen LogP) is 7.45. The van der Waals surface area contributed by atoms with Crippen LogP contribution in [0.25, 0.3) is 0 Å². The number of aliphatic hydroxyl groups is 6. The minimum atomic E-state index is -5.38. The molecule has 0 spiro atoms. The lowest BCUT2D eigenvalue weighted by Crippen LogP contribution is -2.64. The summed E-state index contributed by atoms with van der Waals surface area (Å²) in [6.07, 6.45) is 18.2. The molecule has 0 aliphatic heterocycles. The highest BCUT2D eigenvalue weighted by molar-refractivity contribution is 7.47. The van der Waals surface area contributed by atoms with Crippen LogP contribution >= 0.6 is 15.6 Å². The van der Waals surface area contributed by atoms with Crippen molar-refractivity contribution in [1.82, 2.24) is 0 Å². The van der Waals surface area contributed by atoms with Gasteiger partial charge in [0, 0.05) is 12.8 Å². The van der Waals surface area contributed by atoms with Crippen LogP contribution in [0.5, 0.6) is 0 Å². The minimum absolute atomic E-state index is 0.00335. The highest BCUT2D eigenvalue weighted by atomic mass is 31.2. The molecule has 1 aliphatic rings. The number of rotatable bonds is 41. The van der Waals surface area contributed by atoms with E-state index < -0.39 is 95.7 Å². The summed E-state index contributed by atoms with van der Waals surface area (Å²) in [5, 5.41) is 61.8. The summed E-state index contributed by atoms with van der Waals surface area (Å²) in [6.45, 7) is 2.89. The molecule has 0 bridgehead atoms. The fourth-order valence-corrected chi connectivity index (χ4v) is 8.91. The van der Waals surface area contributed by atoms with E-state index >= 15 is 0 Å². The Morgan fingerprint density at radius 2 is 1.01 bits per heavy atom.